The lowest BCUT2D eigenvalue weighted by Crippen LogP contribution is -2.46. The summed E-state index contributed by atoms with van der Waals surface area (Å²) in [5.41, 5.74) is 2.41. The molecule has 0 radical (unpaired) electrons. The van der Waals surface area contributed by atoms with Crippen LogP contribution in [0.1, 0.15) is 29.3 Å². The number of carbonyl (C=O) groups is 2. The number of methoxy groups -OCH3 is 2. The molecule has 1 aliphatic rings. The van der Waals surface area contributed by atoms with Crippen LogP contribution in [0.3, 0.4) is 0 Å². The molecule has 2 atom stereocenters. The molecule has 11 heteroatoms. The van der Waals surface area contributed by atoms with E-state index < -0.39 is 6.04 Å². The van der Waals surface area contributed by atoms with E-state index >= 15 is 0 Å². The molecule has 2 amide bonds. The fourth-order valence-corrected chi connectivity index (χ4v) is 5.76. The van der Waals surface area contributed by atoms with Gasteiger partial charge in [0.25, 0.3) is 0 Å². The minimum atomic E-state index is -0.802. The molecule has 3 heterocycles. The third kappa shape index (κ3) is 6.26. The van der Waals surface area contributed by atoms with Crippen LogP contribution in [0.4, 0.5) is 0 Å². The maximum absolute atomic E-state index is 14.0. The summed E-state index contributed by atoms with van der Waals surface area (Å²) in [5.74, 6) is 0.766. The first kappa shape index (κ1) is 27.6. The van der Waals surface area contributed by atoms with Crippen molar-refractivity contribution in [2.75, 3.05) is 33.9 Å². The van der Waals surface area contributed by atoms with Gasteiger partial charge in [0.15, 0.2) is 11.5 Å². The summed E-state index contributed by atoms with van der Waals surface area (Å²) >= 11 is 1.45. The summed E-state index contributed by atoms with van der Waals surface area (Å²) in [6, 6.07) is 16.1. The van der Waals surface area contributed by atoms with Crippen molar-refractivity contribution < 1.29 is 23.8 Å². The Balaban J connectivity index is 1.43. The largest absolute Gasteiger partial charge is 0.493 e. The van der Waals surface area contributed by atoms with Crippen molar-refractivity contribution in [1.29, 1.82) is 0 Å². The summed E-state index contributed by atoms with van der Waals surface area (Å²) in [7, 11) is 3.18. The molecule has 0 saturated carbocycles. The second-order valence-electron chi connectivity index (χ2n) is 9.56. The first-order valence-corrected chi connectivity index (χ1v) is 14.2. The van der Waals surface area contributed by atoms with Gasteiger partial charge in [-0.25, -0.2) is 4.68 Å². The highest BCUT2D eigenvalue weighted by Gasteiger charge is 2.33. The molecule has 0 unspecified atom stereocenters. The number of hydrogen-bond donors (Lipinski definition) is 1. The summed E-state index contributed by atoms with van der Waals surface area (Å²) in [6.45, 7) is 1.37. The zero-order chi connectivity index (χ0) is 27.9. The van der Waals surface area contributed by atoms with Crippen molar-refractivity contribution in [3.63, 3.8) is 0 Å². The Labute approximate surface area is 236 Å². The topological polar surface area (TPSA) is 108 Å². The Morgan fingerprint density at radius 1 is 1.15 bits per heavy atom. The molecule has 1 saturated heterocycles. The monoisotopic (exact) mass is 563 g/mol. The molecule has 2 aromatic heterocycles. The third-order valence-electron chi connectivity index (χ3n) is 7.02. The van der Waals surface area contributed by atoms with Crippen LogP contribution in [0.25, 0.3) is 11.0 Å². The molecule has 0 spiro atoms. The van der Waals surface area contributed by atoms with Crippen LogP contribution in [-0.4, -0.2) is 71.7 Å². The number of rotatable bonds is 12. The van der Waals surface area contributed by atoms with E-state index in [1.807, 2.05) is 60.0 Å². The van der Waals surface area contributed by atoms with E-state index in [0.717, 1.165) is 28.8 Å². The number of amides is 2. The van der Waals surface area contributed by atoms with Gasteiger partial charge in [-0.15, -0.1) is 16.4 Å². The number of benzene rings is 2. The Hall–Kier alpha value is -3.96. The van der Waals surface area contributed by atoms with E-state index in [1.54, 1.807) is 23.8 Å². The van der Waals surface area contributed by atoms with Crippen LogP contribution >= 0.6 is 11.3 Å². The van der Waals surface area contributed by atoms with Gasteiger partial charge in [0.2, 0.25) is 11.8 Å². The Morgan fingerprint density at radius 2 is 2.00 bits per heavy atom. The predicted octanol–water partition coefficient (Wildman–Crippen LogP) is 3.62. The lowest BCUT2D eigenvalue weighted by atomic mass is 10.1. The van der Waals surface area contributed by atoms with Gasteiger partial charge in [0.1, 0.15) is 18.1 Å². The van der Waals surface area contributed by atoms with Crippen molar-refractivity contribution in [2.45, 2.75) is 38.0 Å². The average molecular weight is 564 g/mol. The van der Waals surface area contributed by atoms with Gasteiger partial charge in [-0.3, -0.25) is 9.59 Å². The van der Waals surface area contributed by atoms with E-state index in [4.69, 9.17) is 14.2 Å². The molecule has 40 heavy (non-hydrogen) atoms. The van der Waals surface area contributed by atoms with Gasteiger partial charge in [0.05, 0.1) is 25.8 Å². The quantitative estimate of drug-likeness (QED) is 0.281. The smallest absolute Gasteiger partial charge is 0.248 e. The highest BCUT2D eigenvalue weighted by atomic mass is 32.1. The number of aromatic nitrogens is 3. The molecule has 1 aliphatic heterocycles. The summed E-state index contributed by atoms with van der Waals surface area (Å²) < 4.78 is 18.1. The van der Waals surface area contributed by atoms with E-state index in [2.05, 4.69) is 15.6 Å². The maximum Gasteiger partial charge on any atom is 0.248 e. The molecule has 1 N–H and O–H groups in total. The Morgan fingerprint density at radius 3 is 2.75 bits per heavy atom. The molecule has 10 nitrogen and oxygen atoms in total. The number of nitrogens with zero attached hydrogens (tertiary/aromatic N) is 4. The fourth-order valence-electron chi connectivity index (χ4n) is 4.92. The summed E-state index contributed by atoms with van der Waals surface area (Å²) in [6.07, 6.45) is 2.39. The second kappa shape index (κ2) is 12.9. The predicted molar refractivity (Wildman–Crippen MR) is 152 cm³/mol. The minimum absolute atomic E-state index is 0.00892. The van der Waals surface area contributed by atoms with Crippen LogP contribution in [0.5, 0.6) is 11.5 Å². The van der Waals surface area contributed by atoms with Crippen molar-refractivity contribution >= 4 is 34.2 Å². The van der Waals surface area contributed by atoms with Gasteiger partial charge in [-0.2, -0.15) is 0 Å². The Kier molecular flexibility index (Phi) is 8.92. The van der Waals surface area contributed by atoms with Gasteiger partial charge >= 0.3 is 0 Å². The third-order valence-corrected chi connectivity index (χ3v) is 7.94. The number of fused-ring (bicyclic) bond motifs is 1. The number of carbonyl (C=O) groups excluding carboxylic acids is 2. The second-order valence-corrected chi connectivity index (χ2v) is 10.5. The molecule has 0 bridgehead atoms. The normalized spacial score (nSPS) is 15.6. The zero-order valence-corrected chi connectivity index (χ0v) is 23.4. The molecule has 5 rings (SSSR count). The molecular formula is C29H33N5O5S. The van der Waals surface area contributed by atoms with Crippen molar-refractivity contribution in [3.05, 3.63) is 70.4 Å². The average Bonchev–Trinajstić information content (AvgIpc) is 3.77. The molecule has 210 valence electrons. The maximum atomic E-state index is 14.0. The minimum Gasteiger partial charge on any atom is -0.493 e. The van der Waals surface area contributed by atoms with Crippen molar-refractivity contribution in [3.8, 4) is 11.5 Å². The molecular weight excluding hydrogens is 530 g/mol. The van der Waals surface area contributed by atoms with E-state index in [-0.39, 0.29) is 24.5 Å². The number of nitrogens with one attached hydrogen (secondary N) is 1. The molecule has 2 aromatic carbocycles. The highest BCUT2D eigenvalue weighted by molar-refractivity contribution is 7.10. The fraction of sp³-hybridized carbons (Fsp3) is 0.379. The number of ether oxygens (including phenoxy) is 3. The van der Waals surface area contributed by atoms with E-state index in [9.17, 15) is 9.59 Å². The van der Waals surface area contributed by atoms with Gasteiger partial charge < -0.3 is 24.4 Å². The molecule has 1 fully saturated rings. The summed E-state index contributed by atoms with van der Waals surface area (Å²) in [5, 5.41) is 13.4. The van der Waals surface area contributed by atoms with Gasteiger partial charge in [-0.1, -0.05) is 29.5 Å². The van der Waals surface area contributed by atoms with E-state index in [1.165, 1.54) is 11.3 Å². The lowest BCUT2D eigenvalue weighted by Gasteiger charge is -2.31. The first-order chi connectivity index (χ1) is 19.6. The van der Waals surface area contributed by atoms with Crippen LogP contribution in [0.2, 0.25) is 0 Å². The van der Waals surface area contributed by atoms with Crippen LogP contribution in [-0.2, 0) is 27.3 Å². The van der Waals surface area contributed by atoms with Gasteiger partial charge in [0, 0.05) is 24.6 Å². The summed E-state index contributed by atoms with van der Waals surface area (Å²) in [4.78, 5) is 30.2. The number of thiophene rings is 1. The van der Waals surface area contributed by atoms with E-state index in [0.29, 0.717) is 43.1 Å². The Bertz CT molecular complexity index is 1430. The van der Waals surface area contributed by atoms with Crippen LogP contribution < -0.4 is 14.8 Å². The lowest BCUT2D eigenvalue weighted by molar-refractivity contribution is -0.141. The molecule has 0 aliphatic carbocycles. The standard InChI is InChI=1S/C29H33N5O5S/c1-37-24-12-11-20(17-25(24)38-2)13-14-33(27(35)19-34-23-9-4-3-8-22(23)31-32-34)28(26-10-6-16-40-26)29(36)30-18-21-7-5-15-39-21/h3-4,6,8-12,16-17,21,28H,5,7,13-15,18-19H2,1-2H3,(H,30,36)/t21-,28+/m1/s1. The zero-order valence-electron chi connectivity index (χ0n) is 22.6. The number of para-hydroxylation sites is 1. The first-order valence-electron chi connectivity index (χ1n) is 13.3. The van der Waals surface area contributed by atoms with Crippen LogP contribution in [0.15, 0.2) is 60.0 Å². The van der Waals surface area contributed by atoms with Crippen molar-refractivity contribution in [1.82, 2.24) is 25.2 Å². The number of hydrogen-bond acceptors (Lipinski definition) is 8. The molecule has 4 aromatic rings. The van der Waals surface area contributed by atoms with Gasteiger partial charge in [-0.05, 0) is 60.5 Å². The van der Waals surface area contributed by atoms with Crippen molar-refractivity contribution in [2.24, 2.45) is 0 Å². The SMILES string of the molecule is COc1ccc(CCN(C(=O)Cn2nnc3ccccc32)[C@H](C(=O)NC[C@H]2CCCO2)c2cccs2)cc1OC. The highest BCUT2D eigenvalue weighted by Crippen LogP contribution is 2.30. The van der Waals surface area contributed by atoms with Crippen LogP contribution in [0, 0.1) is 0 Å².